The van der Waals surface area contributed by atoms with Crippen molar-refractivity contribution >= 4 is 11.0 Å². The maximum Gasteiger partial charge on any atom is 0.143 e. The van der Waals surface area contributed by atoms with Crippen LogP contribution in [0.5, 0.6) is 5.75 Å². The highest BCUT2D eigenvalue weighted by atomic mass is 16.3. The predicted molar refractivity (Wildman–Crippen MR) is 90.7 cm³/mol. The molecule has 4 heteroatoms. The lowest BCUT2D eigenvalue weighted by atomic mass is 10.1. The third kappa shape index (κ3) is 1.66. The van der Waals surface area contributed by atoms with Gasteiger partial charge in [-0.1, -0.05) is 42.5 Å². The SMILES string of the molecule is Cc1ccc(O)c(-n2n3c4ccc(-c5ccccc5)cc4n23)c1. The van der Waals surface area contributed by atoms with E-state index in [0.29, 0.717) is 5.75 Å². The molecule has 0 aliphatic rings. The van der Waals surface area contributed by atoms with Crippen LogP contribution in [0.25, 0.3) is 27.8 Å². The van der Waals surface area contributed by atoms with Crippen molar-refractivity contribution in [1.82, 2.24) is 14.1 Å². The van der Waals surface area contributed by atoms with E-state index in [4.69, 9.17) is 0 Å². The van der Waals surface area contributed by atoms with Crippen molar-refractivity contribution in [3.63, 3.8) is 0 Å². The summed E-state index contributed by atoms with van der Waals surface area (Å²) >= 11 is 0. The lowest BCUT2D eigenvalue weighted by molar-refractivity contribution is 0.471. The van der Waals surface area contributed by atoms with E-state index in [-0.39, 0.29) is 0 Å². The van der Waals surface area contributed by atoms with Gasteiger partial charge in [-0.15, -0.1) is 14.1 Å². The molecular weight excluding hydrogens is 286 g/mol. The topological polar surface area (TPSA) is 34.0 Å². The predicted octanol–water partition coefficient (Wildman–Crippen LogP) is 4.10. The summed E-state index contributed by atoms with van der Waals surface area (Å²) in [4.78, 5) is 1.99. The first-order chi connectivity index (χ1) is 11.2. The maximum atomic E-state index is 10.1. The van der Waals surface area contributed by atoms with Crippen LogP contribution in [0.15, 0.2) is 66.7 Å². The Balaban J connectivity index is 1.67. The average molecular weight is 301 g/mol. The highest BCUT2D eigenvalue weighted by Gasteiger charge is 2.25. The van der Waals surface area contributed by atoms with Gasteiger partial charge in [-0.3, -0.25) is 0 Å². The van der Waals surface area contributed by atoms with E-state index in [1.807, 2.05) is 29.9 Å². The van der Waals surface area contributed by atoms with Gasteiger partial charge in [0.1, 0.15) is 22.5 Å². The van der Waals surface area contributed by atoms with Crippen LogP contribution < -0.4 is 0 Å². The van der Waals surface area contributed by atoms with E-state index in [0.717, 1.165) is 22.3 Å². The Hall–Kier alpha value is -3.14. The molecule has 0 fully saturated rings. The first-order valence-corrected chi connectivity index (χ1v) is 7.63. The highest BCUT2D eigenvalue weighted by molar-refractivity contribution is 5.85. The summed E-state index contributed by atoms with van der Waals surface area (Å²) in [7, 11) is 0. The number of phenols is 1. The monoisotopic (exact) mass is 301 g/mol. The van der Waals surface area contributed by atoms with Crippen molar-refractivity contribution < 1.29 is 5.11 Å². The largest absolute Gasteiger partial charge is 0.506 e. The molecule has 0 atom stereocenters. The summed E-state index contributed by atoms with van der Waals surface area (Å²) in [6.07, 6.45) is 0. The van der Waals surface area contributed by atoms with Crippen molar-refractivity contribution in [1.29, 1.82) is 0 Å². The van der Waals surface area contributed by atoms with E-state index >= 15 is 0 Å². The molecule has 5 aromatic rings. The minimum absolute atomic E-state index is 0.291. The lowest BCUT2D eigenvalue weighted by Crippen LogP contribution is -1.90. The number of aromatic nitrogens is 3. The fourth-order valence-corrected chi connectivity index (χ4v) is 3.15. The third-order valence-electron chi connectivity index (χ3n) is 4.37. The van der Waals surface area contributed by atoms with Crippen LogP contribution >= 0.6 is 0 Å². The average Bonchev–Trinajstić information content (AvgIpc) is 3.24. The van der Waals surface area contributed by atoms with Crippen molar-refractivity contribution in [2.45, 2.75) is 6.92 Å². The number of nitrogens with zero attached hydrogens (tertiary/aromatic N) is 3. The van der Waals surface area contributed by atoms with E-state index in [9.17, 15) is 5.11 Å². The molecule has 4 nitrogen and oxygen atoms in total. The molecule has 0 aliphatic carbocycles. The number of rotatable bonds is 2. The smallest absolute Gasteiger partial charge is 0.143 e. The van der Waals surface area contributed by atoms with Gasteiger partial charge in [0, 0.05) is 0 Å². The van der Waals surface area contributed by atoms with Crippen LogP contribution in [0.3, 0.4) is 0 Å². The number of phenolic OH excluding ortho intramolecular Hbond substituents is 1. The van der Waals surface area contributed by atoms with Crippen LogP contribution in [0.1, 0.15) is 5.56 Å². The van der Waals surface area contributed by atoms with Gasteiger partial charge in [0.15, 0.2) is 0 Å². The van der Waals surface area contributed by atoms with Crippen molar-refractivity contribution in [3.05, 3.63) is 72.3 Å². The molecule has 0 amide bonds. The summed E-state index contributed by atoms with van der Waals surface area (Å²) < 4.78 is 4.12. The minimum atomic E-state index is 0.291. The Morgan fingerprint density at radius 3 is 2.35 bits per heavy atom. The van der Waals surface area contributed by atoms with E-state index in [2.05, 4.69) is 51.7 Å². The molecule has 23 heavy (non-hydrogen) atoms. The molecule has 0 aliphatic heterocycles. The first-order valence-electron chi connectivity index (χ1n) is 7.63. The van der Waals surface area contributed by atoms with Gasteiger partial charge in [0.2, 0.25) is 0 Å². The summed E-state index contributed by atoms with van der Waals surface area (Å²) in [5.74, 6) is 0.291. The van der Waals surface area contributed by atoms with Gasteiger partial charge >= 0.3 is 0 Å². The molecule has 2 heterocycles. The molecular formula is C19H15N3O. The number of benzene rings is 3. The van der Waals surface area contributed by atoms with Gasteiger partial charge in [-0.25, -0.2) is 0 Å². The molecule has 0 unspecified atom stereocenters. The first kappa shape index (κ1) is 12.4. The standard InChI is InChI=1S/C19H15N3O/c1-13-7-10-19(23)18(11-13)22-20-16-9-8-15(12-17(16)21(20)22)14-5-3-2-4-6-14/h2-12,23H,1H3. The zero-order valence-electron chi connectivity index (χ0n) is 12.6. The zero-order valence-corrected chi connectivity index (χ0v) is 12.6. The summed E-state index contributed by atoms with van der Waals surface area (Å²) in [6, 6.07) is 22.5. The number of aryl methyl sites for hydroxylation is 1. The third-order valence-corrected chi connectivity index (χ3v) is 4.37. The Labute approximate surface area is 132 Å². The lowest BCUT2D eigenvalue weighted by Gasteiger charge is -2.03. The molecule has 0 saturated carbocycles. The second-order valence-corrected chi connectivity index (χ2v) is 5.93. The summed E-state index contributed by atoms with van der Waals surface area (Å²) in [5, 5.41) is 10.1. The van der Waals surface area contributed by atoms with Gasteiger partial charge in [0.05, 0.1) is 0 Å². The second kappa shape index (κ2) is 4.20. The molecule has 5 rings (SSSR count). The van der Waals surface area contributed by atoms with Gasteiger partial charge in [-0.05, 0) is 47.9 Å². The molecule has 0 bridgehead atoms. The van der Waals surface area contributed by atoms with E-state index in [1.165, 1.54) is 11.1 Å². The van der Waals surface area contributed by atoms with Crippen LogP contribution in [-0.2, 0) is 0 Å². The number of fused-ring (bicyclic) bond motifs is 4. The van der Waals surface area contributed by atoms with Crippen LogP contribution in [-0.4, -0.2) is 19.2 Å². The van der Waals surface area contributed by atoms with Crippen LogP contribution in [0, 0.1) is 6.92 Å². The molecule has 1 N–H and O–H groups in total. The van der Waals surface area contributed by atoms with Crippen molar-refractivity contribution in [2.75, 3.05) is 0 Å². The Morgan fingerprint density at radius 1 is 0.739 bits per heavy atom. The highest BCUT2D eigenvalue weighted by Crippen LogP contribution is 2.33. The molecule has 0 radical (unpaired) electrons. The van der Waals surface area contributed by atoms with Gasteiger partial charge in [0.25, 0.3) is 0 Å². The number of hydrogen-bond acceptors (Lipinski definition) is 1. The van der Waals surface area contributed by atoms with Gasteiger partial charge in [-0.2, -0.15) is 0 Å². The minimum Gasteiger partial charge on any atom is -0.506 e. The van der Waals surface area contributed by atoms with Gasteiger partial charge < -0.3 is 5.11 Å². The quantitative estimate of drug-likeness (QED) is 0.523. The van der Waals surface area contributed by atoms with Crippen LogP contribution in [0.4, 0.5) is 0 Å². The van der Waals surface area contributed by atoms with E-state index in [1.54, 1.807) is 6.07 Å². The van der Waals surface area contributed by atoms with E-state index < -0.39 is 0 Å². The Bertz CT molecular complexity index is 1130. The Kier molecular flexibility index (Phi) is 2.26. The normalized spacial score (nSPS) is 11.9. The van der Waals surface area contributed by atoms with Crippen molar-refractivity contribution in [2.24, 2.45) is 0 Å². The second-order valence-electron chi connectivity index (χ2n) is 5.93. The number of aromatic hydroxyl groups is 1. The van der Waals surface area contributed by atoms with Crippen LogP contribution in [0.2, 0.25) is 0 Å². The molecule has 0 saturated heterocycles. The maximum absolute atomic E-state index is 10.1. The summed E-state index contributed by atoms with van der Waals surface area (Å²) in [5.41, 5.74) is 6.66. The fourth-order valence-electron chi connectivity index (χ4n) is 3.15. The molecule has 3 aromatic carbocycles. The molecule has 0 spiro atoms. The van der Waals surface area contributed by atoms with Crippen molar-refractivity contribution in [3.8, 4) is 22.6 Å². The Morgan fingerprint density at radius 2 is 1.52 bits per heavy atom. The fraction of sp³-hybridized carbons (Fsp3) is 0.0526. The molecule has 2 aromatic heterocycles. The zero-order chi connectivity index (χ0) is 15.6. The number of hydrogen-bond donors (Lipinski definition) is 1. The summed E-state index contributed by atoms with van der Waals surface area (Å²) in [6.45, 7) is 2.03. The molecule has 112 valence electrons.